The van der Waals surface area contributed by atoms with Crippen molar-refractivity contribution in [1.82, 2.24) is 19.4 Å². The summed E-state index contributed by atoms with van der Waals surface area (Å²) in [5.41, 5.74) is 4.35. The van der Waals surface area contributed by atoms with Gasteiger partial charge in [0.05, 0.1) is 49.2 Å². The van der Waals surface area contributed by atoms with Crippen LogP contribution in [0.25, 0.3) is 22.0 Å². The second-order valence-corrected chi connectivity index (χ2v) is 11.3. The van der Waals surface area contributed by atoms with Crippen molar-refractivity contribution in [2.45, 2.75) is 51.0 Å². The van der Waals surface area contributed by atoms with Gasteiger partial charge in [0.15, 0.2) is 0 Å². The zero-order chi connectivity index (χ0) is 29.3. The highest BCUT2D eigenvalue weighted by atomic mass is 19.1. The molecule has 0 saturated carbocycles. The first-order chi connectivity index (χ1) is 21.0. The van der Waals surface area contributed by atoms with E-state index in [0.29, 0.717) is 41.6 Å². The molecule has 0 aliphatic carbocycles. The predicted molar refractivity (Wildman–Crippen MR) is 157 cm³/mol. The van der Waals surface area contributed by atoms with Crippen LogP contribution in [0.1, 0.15) is 52.6 Å². The summed E-state index contributed by atoms with van der Waals surface area (Å²) in [6.45, 7) is 4.09. The highest BCUT2D eigenvalue weighted by molar-refractivity contribution is 5.93. The van der Waals surface area contributed by atoms with Crippen molar-refractivity contribution < 1.29 is 27.8 Å². The van der Waals surface area contributed by atoms with Crippen molar-refractivity contribution in [2.24, 2.45) is 0 Å². The molecule has 0 radical (unpaired) electrons. The minimum absolute atomic E-state index is 0.0748. The van der Waals surface area contributed by atoms with E-state index in [9.17, 15) is 9.18 Å². The van der Waals surface area contributed by atoms with Crippen molar-refractivity contribution in [3.8, 4) is 5.88 Å². The third-order valence-corrected chi connectivity index (χ3v) is 8.54. The Labute approximate surface area is 248 Å². The van der Waals surface area contributed by atoms with E-state index in [1.165, 1.54) is 13.2 Å². The second-order valence-electron chi connectivity index (χ2n) is 11.3. The van der Waals surface area contributed by atoms with E-state index in [1.807, 2.05) is 30.3 Å². The zero-order valence-corrected chi connectivity index (χ0v) is 24.0. The zero-order valence-electron chi connectivity index (χ0n) is 24.0. The van der Waals surface area contributed by atoms with E-state index in [1.54, 1.807) is 24.5 Å². The lowest BCUT2D eigenvalue weighted by Crippen LogP contribution is -2.35. The van der Waals surface area contributed by atoms with Gasteiger partial charge in [0.2, 0.25) is 5.88 Å². The molecule has 7 rings (SSSR count). The van der Waals surface area contributed by atoms with Crippen LogP contribution in [0.2, 0.25) is 0 Å². The number of likely N-dealkylation sites (tertiary alicyclic amines) is 1. The lowest BCUT2D eigenvalue weighted by molar-refractivity contribution is -0.0592. The molecule has 5 aromatic rings. The number of esters is 1. The topological polar surface area (TPSA) is 91.9 Å². The maximum atomic E-state index is 14.5. The molecule has 0 amide bonds. The van der Waals surface area contributed by atoms with Gasteiger partial charge < -0.3 is 23.2 Å². The van der Waals surface area contributed by atoms with E-state index < -0.39 is 0 Å². The number of carbonyl (C=O) groups is 1. The van der Waals surface area contributed by atoms with Gasteiger partial charge in [0.1, 0.15) is 23.8 Å². The number of aromatic nitrogens is 3. The first-order valence-corrected chi connectivity index (χ1v) is 14.7. The number of halogens is 1. The quantitative estimate of drug-likeness (QED) is 0.199. The number of hydrogen-bond acceptors (Lipinski definition) is 8. The number of furan rings is 1. The first kappa shape index (κ1) is 27.5. The molecule has 0 bridgehead atoms. The molecule has 0 N–H and O–H groups in total. The van der Waals surface area contributed by atoms with Crippen molar-refractivity contribution in [3.63, 3.8) is 0 Å². The van der Waals surface area contributed by atoms with E-state index in [4.69, 9.17) is 28.6 Å². The summed E-state index contributed by atoms with van der Waals surface area (Å²) >= 11 is 0. The van der Waals surface area contributed by atoms with Gasteiger partial charge in [0, 0.05) is 35.2 Å². The Hall–Kier alpha value is -4.28. The maximum Gasteiger partial charge on any atom is 0.337 e. The summed E-state index contributed by atoms with van der Waals surface area (Å²) in [5, 5.41) is 0.727. The summed E-state index contributed by atoms with van der Waals surface area (Å²) in [6.07, 6.45) is 4.64. The molecule has 2 aliphatic heterocycles. The second kappa shape index (κ2) is 11.8. The molecule has 0 unspecified atom stereocenters. The summed E-state index contributed by atoms with van der Waals surface area (Å²) in [6, 6.07) is 16.2. The van der Waals surface area contributed by atoms with Crippen molar-refractivity contribution in [3.05, 3.63) is 89.3 Å². The Morgan fingerprint density at radius 2 is 1.93 bits per heavy atom. The fourth-order valence-electron chi connectivity index (χ4n) is 5.99. The highest BCUT2D eigenvalue weighted by Crippen LogP contribution is 2.30. The predicted octanol–water partition coefficient (Wildman–Crippen LogP) is 5.85. The van der Waals surface area contributed by atoms with Crippen LogP contribution in [0.3, 0.4) is 0 Å². The van der Waals surface area contributed by atoms with Crippen molar-refractivity contribution in [1.29, 1.82) is 0 Å². The van der Waals surface area contributed by atoms with Gasteiger partial charge in [-0.2, -0.15) is 0 Å². The van der Waals surface area contributed by atoms with E-state index in [2.05, 4.69) is 9.47 Å². The van der Waals surface area contributed by atoms with Gasteiger partial charge in [-0.25, -0.2) is 19.2 Å². The number of imidazole rings is 1. The van der Waals surface area contributed by atoms with Crippen molar-refractivity contribution in [2.75, 3.05) is 26.8 Å². The van der Waals surface area contributed by atoms with Gasteiger partial charge in [-0.05, 0) is 74.8 Å². The third-order valence-electron chi connectivity index (χ3n) is 8.54. The fraction of sp³-hybridized carbons (Fsp3) is 0.364. The minimum Gasteiger partial charge on any atom is -0.473 e. The van der Waals surface area contributed by atoms with Crippen LogP contribution >= 0.6 is 0 Å². The number of pyridine rings is 1. The molecule has 3 aromatic heterocycles. The molecule has 9 nitrogen and oxygen atoms in total. The molecule has 5 heterocycles. The molecule has 1 atom stereocenters. The number of hydrogen-bond donors (Lipinski definition) is 0. The monoisotopic (exact) mass is 584 g/mol. The van der Waals surface area contributed by atoms with E-state index >= 15 is 0 Å². The normalized spacial score (nSPS) is 17.8. The largest absolute Gasteiger partial charge is 0.473 e. The van der Waals surface area contributed by atoms with Crippen LogP contribution in [-0.4, -0.2) is 58.3 Å². The van der Waals surface area contributed by atoms with Crippen LogP contribution in [0, 0.1) is 5.82 Å². The Morgan fingerprint density at radius 1 is 1.07 bits per heavy atom. The lowest BCUT2D eigenvalue weighted by Gasteiger charge is -2.32. The minimum atomic E-state index is -0.358. The SMILES string of the molecule is COC(=O)c1ccc2nc(CN3CCC(c4cccc(OCc5cc6occc6cc5F)n4)CC3)n(C[C@@H]3CCO3)c2c1. The molecule has 43 heavy (non-hydrogen) atoms. The number of carbonyl (C=O) groups excluding carboxylic acids is 1. The number of nitrogens with zero attached hydrogens (tertiary/aromatic N) is 4. The number of methoxy groups -OCH3 is 1. The molecule has 2 aromatic carbocycles. The van der Waals surface area contributed by atoms with Gasteiger partial charge in [0.25, 0.3) is 0 Å². The fourth-order valence-corrected chi connectivity index (χ4v) is 5.99. The van der Waals surface area contributed by atoms with Crippen LogP contribution < -0.4 is 4.74 Å². The molecule has 2 fully saturated rings. The molecule has 2 saturated heterocycles. The van der Waals surface area contributed by atoms with Crippen LogP contribution in [0.4, 0.5) is 4.39 Å². The standard InChI is InChI=1S/C33H33FN4O5/c1-40-33(39)23-5-6-28-29(16-23)38(18-25-10-14-41-25)31(35-28)19-37-11-7-21(8-12-37)27-3-2-4-32(36-27)43-20-24-17-30-22(9-13-42-30)15-26(24)34/h2-6,9,13,15-17,21,25H,7-8,10-12,14,18-20H2,1H3/t25-/m0/s1. The molecule has 10 heteroatoms. The lowest BCUT2D eigenvalue weighted by atomic mass is 9.93. The number of rotatable bonds is 9. The summed E-state index contributed by atoms with van der Waals surface area (Å²) in [7, 11) is 1.39. The Morgan fingerprint density at radius 3 is 2.72 bits per heavy atom. The Bertz CT molecular complexity index is 1770. The number of ether oxygens (including phenoxy) is 3. The molecule has 222 valence electrons. The maximum absolute atomic E-state index is 14.5. The molecule has 0 spiro atoms. The molecule has 2 aliphatic rings. The summed E-state index contributed by atoms with van der Waals surface area (Å²) in [5.74, 6) is 1.08. The average molecular weight is 585 g/mol. The first-order valence-electron chi connectivity index (χ1n) is 14.7. The Balaban J connectivity index is 1.01. The third kappa shape index (κ3) is 5.72. The van der Waals surface area contributed by atoms with Crippen LogP contribution in [0.15, 0.2) is 65.3 Å². The van der Waals surface area contributed by atoms with Crippen molar-refractivity contribution >= 4 is 28.0 Å². The number of piperidine rings is 1. The Kier molecular flexibility index (Phi) is 7.54. The van der Waals surface area contributed by atoms with Gasteiger partial charge in [-0.3, -0.25) is 4.90 Å². The van der Waals surface area contributed by atoms with E-state index in [-0.39, 0.29) is 24.5 Å². The van der Waals surface area contributed by atoms with Crippen LogP contribution in [0.5, 0.6) is 5.88 Å². The summed E-state index contributed by atoms with van der Waals surface area (Å²) in [4.78, 5) is 24.3. The average Bonchev–Trinajstić information content (AvgIpc) is 3.60. The highest BCUT2D eigenvalue weighted by Gasteiger charge is 2.26. The smallest absolute Gasteiger partial charge is 0.337 e. The summed E-state index contributed by atoms with van der Waals surface area (Å²) < 4.78 is 38.7. The van der Waals surface area contributed by atoms with Gasteiger partial charge >= 0.3 is 5.97 Å². The number of benzene rings is 2. The molecular weight excluding hydrogens is 551 g/mol. The molecular formula is C33H33FN4O5. The van der Waals surface area contributed by atoms with Gasteiger partial charge in [-0.15, -0.1) is 0 Å². The van der Waals surface area contributed by atoms with E-state index in [0.717, 1.165) is 66.9 Å². The van der Waals surface area contributed by atoms with Gasteiger partial charge in [-0.1, -0.05) is 6.07 Å². The van der Waals surface area contributed by atoms with Crippen LogP contribution in [-0.2, 0) is 29.2 Å². The number of fused-ring (bicyclic) bond motifs is 2.